The second kappa shape index (κ2) is 14.0. The average Bonchev–Trinajstić information content (AvgIpc) is 2.99. The summed E-state index contributed by atoms with van der Waals surface area (Å²) in [5.41, 5.74) is 0.741. The molecule has 0 aliphatic rings. The van der Waals surface area contributed by atoms with Crippen molar-refractivity contribution in [3.8, 4) is 46.0 Å². The Kier molecular flexibility index (Phi) is 9.90. The Morgan fingerprint density at radius 3 is 1.84 bits per heavy atom. The smallest absolute Gasteiger partial charge is 0.315 e. The third-order valence-corrected chi connectivity index (χ3v) is 7.21. The lowest BCUT2D eigenvalue weighted by Gasteiger charge is -2.22. The predicted molar refractivity (Wildman–Crippen MR) is 172 cm³/mol. The van der Waals surface area contributed by atoms with E-state index in [-0.39, 0.29) is 62.5 Å². The van der Waals surface area contributed by atoms with Crippen molar-refractivity contribution in [1.29, 1.82) is 0 Å². The van der Waals surface area contributed by atoms with E-state index < -0.39 is 5.97 Å². The van der Waals surface area contributed by atoms with E-state index in [1.165, 1.54) is 30.3 Å². The number of hydrogen-bond donors (Lipinski definition) is 2. The third-order valence-electron chi connectivity index (χ3n) is 6.51. The van der Waals surface area contributed by atoms with Gasteiger partial charge >= 0.3 is 5.97 Å². The van der Waals surface area contributed by atoms with E-state index in [4.69, 9.17) is 53.8 Å². The van der Waals surface area contributed by atoms with Crippen molar-refractivity contribution in [2.24, 2.45) is 0 Å². The van der Waals surface area contributed by atoms with Gasteiger partial charge in [0.15, 0.2) is 34.5 Å². The summed E-state index contributed by atoms with van der Waals surface area (Å²) in [6, 6.07) is 22.7. The first-order chi connectivity index (χ1) is 21.2. The van der Waals surface area contributed by atoms with Crippen molar-refractivity contribution in [1.82, 2.24) is 0 Å². The molecule has 0 saturated heterocycles. The van der Waals surface area contributed by atoms with Crippen LogP contribution in [0.25, 0.3) is 10.8 Å². The summed E-state index contributed by atoms with van der Waals surface area (Å²) in [6.07, 6.45) is 1.53. The topological polar surface area (TPSA) is 94.5 Å². The highest BCUT2D eigenvalue weighted by Gasteiger charge is 2.29. The molecule has 10 heteroatoms. The van der Waals surface area contributed by atoms with Gasteiger partial charge in [0, 0.05) is 38.0 Å². The Morgan fingerprint density at radius 1 is 0.682 bits per heavy atom. The Balaban J connectivity index is 1.76. The Bertz CT molecular complexity index is 1810. The highest BCUT2D eigenvalue weighted by molar-refractivity contribution is 6.32. The number of fused-ring (bicyclic) bond motifs is 1. The van der Waals surface area contributed by atoms with Gasteiger partial charge in [-0.25, -0.2) is 0 Å². The molecular formula is C34H27Cl3O7. The zero-order valence-electron chi connectivity index (χ0n) is 23.5. The number of esters is 1. The molecule has 0 aliphatic heterocycles. The second-order valence-electron chi connectivity index (χ2n) is 9.77. The number of ether oxygens (including phenoxy) is 4. The number of hydrogen-bond acceptors (Lipinski definition) is 7. The molecule has 0 spiro atoms. The molecule has 226 valence electrons. The van der Waals surface area contributed by atoms with Gasteiger partial charge in [0.1, 0.15) is 0 Å². The van der Waals surface area contributed by atoms with Gasteiger partial charge < -0.3 is 29.2 Å². The maximum Gasteiger partial charge on any atom is 0.315 e. The van der Waals surface area contributed by atoms with Crippen LogP contribution in [0.2, 0.25) is 15.1 Å². The number of carbonyl (C=O) groups is 1. The number of halogens is 3. The van der Waals surface area contributed by atoms with Gasteiger partial charge in [-0.05, 0) is 54.4 Å². The number of phenolic OH excluding ortho intramolecular Hbond substituents is 2. The van der Waals surface area contributed by atoms with Gasteiger partial charge in [-0.3, -0.25) is 4.79 Å². The summed E-state index contributed by atoms with van der Waals surface area (Å²) in [5.74, 6) is -1.04. The summed E-state index contributed by atoms with van der Waals surface area (Å²) in [7, 11) is 0. The molecule has 0 amide bonds. The van der Waals surface area contributed by atoms with Gasteiger partial charge in [0.2, 0.25) is 11.5 Å². The van der Waals surface area contributed by atoms with Crippen molar-refractivity contribution >= 4 is 51.5 Å². The third kappa shape index (κ3) is 7.25. The van der Waals surface area contributed by atoms with Crippen molar-refractivity contribution < 1.29 is 34.0 Å². The summed E-state index contributed by atoms with van der Waals surface area (Å²) in [6.45, 7) is 2.33. The highest BCUT2D eigenvalue weighted by Crippen LogP contribution is 2.56. The fraction of sp³-hybridized carbons (Fsp3) is 0.147. The standard InChI is InChI=1S/C34H27Cl3O7/c1-2-3-15-41-31-25-17-21(35)9-12-24(25)32(44-30(40)16-20-7-5-4-6-8-20)34(43-29-14-11-23(37)19-27(29)39)33(31)42-28-13-10-22(36)18-26(28)38/h4-14,17-19,38-39H,2-3,15-16H2,1H3. The maximum atomic E-state index is 13.4. The van der Waals surface area contributed by atoms with Crippen LogP contribution in [0.5, 0.6) is 46.0 Å². The van der Waals surface area contributed by atoms with E-state index >= 15 is 0 Å². The van der Waals surface area contributed by atoms with Crippen LogP contribution in [-0.2, 0) is 11.2 Å². The molecule has 0 aliphatic carbocycles. The van der Waals surface area contributed by atoms with E-state index in [2.05, 4.69) is 0 Å². The van der Waals surface area contributed by atoms with E-state index in [1.54, 1.807) is 24.3 Å². The molecule has 7 nitrogen and oxygen atoms in total. The maximum absolute atomic E-state index is 13.4. The predicted octanol–water partition coefficient (Wildman–Crippen LogP) is 10.1. The van der Waals surface area contributed by atoms with Gasteiger partial charge in [-0.15, -0.1) is 0 Å². The van der Waals surface area contributed by atoms with Gasteiger partial charge in [0.05, 0.1) is 13.0 Å². The molecule has 2 N–H and O–H groups in total. The molecule has 0 bridgehead atoms. The minimum Gasteiger partial charge on any atom is -0.504 e. The van der Waals surface area contributed by atoms with Crippen molar-refractivity contribution in [2.75, 3.05) is 6.61 Å². The first kappa shape index (κ1) is 31.1. The van der Waals surface area contributed by atoms with Crippen LogP contribution in [-0.4, -0.2) is 22.8 Å². The van der Waals surface area contributed by atoms with Crippen LogP contribution in [0, 0.1) is 0 Å². The molecule has 0 aromatic heterocycles. The molecule has 0 radical (unpaired) electrons. The quantitative estimate of drug-likeness (QED) is 0.0832. The first-order valence-corrected chi connectivity index (χ1v) is 14.9. The summed E-state index contributed by atoms with van der Waals surface area (Å²) in [5, 5.41) is 23.3. The van der Waals surface area contributed by atoms with E-state index in [1.807, 2.05) is 37.3 Å². The molecule has 5 rings (SSSR count). The number of unbranched alkanes of at least 4 members (excludes halogenated alkanes) is 1. The fourth-order valence-electron chi connectivity index (χ4n) is 4.39. The molecule has 5 aromatic rings. The SMILES string of the molecule is CCCCOc1c(Oc2ccc(Cl)cc2O)c(Oc2ccc(Cl)cc2O)c(OC(=O)Cc2ccccc2)c2ccc(Cl)cc12. The van der Waals surface area contributed by atoms with E-state index in [9.17, 15) is 15.0 Å². The summed E-state index contributed by atoms with van der Waals surface area (Å²) < 4.78 is 24.8. The van der Waals surface area contributed by atoms with Crippen LogP contribution in [0.3, 0.4) is 0 Å². The number of aromatic hydroxyl groups is 2. The zero-order valence-corrected chi connectivity index (χ0v) is 25.7. The lowest BCUT2D eigenvalue weighted by Crippen LogP contribution is -2.13. The molecule has 0 saturated carbocycles. The first-order valence-electron chi connectivity index (χ1n) is 13.7. The number of carbonyl (C=O) groups excluding carboxylic acids is 1. The van der Waals surface area contributed by atoms with Gasteiger partial charge in [0.25, 0.3) is 0 Å². The molecule has 44 heavy (non-hydrogen) atoms. The second-order valence-corrected chi connectivity index (χ2v) is 11.1. The summed E-state index contributed by atoms with van der Waals surface area (Å²) >= 11 is 18.6. The normalized spacial score (nSPS) is 10.9. The monoisotopic (exact) mass is 652 g/mol. The van der Waals surface area contributed by atoms with Gasteiger partial charge in [-0.2, -0.15) is 0 Å². The van der Waals surface area contributed by atoms with Crippen LogP contribution < -0.4 is 18.9 Å². The molecular weight excluding hydrogens is 627 g/mol. The number of benzene rings is 5. The van der Waals surface area contributed by atoms with Crippen molar-refractivity contribution in [3.05, 3.63) is 106 Å². The molecule has 5 aromatic carbocycles. The lowest BCUT2D eigenvalue weighted by atomic mass is 10.1. The summed E-state index contributed by atoms with van der Waals surface area (Å²) in [4.78, 5) is 13.4. The molecule has 0 atom stereocenters. The number of phenols is 2. The van der Waals surface area contributed by atoms with Crippen LogP contribution in [0.4, 0.5) is 0 Å². The Hall–Kier alpha value is -4.30. The highest BCUT2D eigenvalue weighted by atomic mass is 35.5. The molecule has 0 unspecified atom stereocenters. The molecule has 0 fully saturated rings. The average molecular weight is 654 g/mol. The minimum atomic E-state index is -0.586. The zero-order chi connectivity index (χ0) is 31.2. The number of rotatable bonds is 11. The van der Waals surface area contributed by atoms with Gasteiger partial charge in [-0.1, -0.05) is 78.5 Å². The van der Waals surface area contributed by atoms with Crippen LogP contribution >= 0.6 is 34.8 Å². The largest absolute Gasteiger partial charge is 0.504 e. The fourth-order valence-corrected chi connectivity index (χ4v) is 4.89. The molecule has 0 heterocycles. The van der Waals surface area contributed by atoms with Crippen LogP contribution in [0.1, 0.15) is 25.3 Å². The minimum absolute atomic E-state index is 0.00671. The van der Waals surface area contributed by atoms with E-state index in [0.717, 1.165) is 18.4 Å². The Labute approximate surface area is 269 Å². The van der Waals surface area contributed by atoms with Crippen LogP contribution in [0.15, 0.2) is 84.9 Å². The van der Waals surface area contributed by atoms with Crippen molar-refractivity contribution in [2.45, 2.75) is 26.2 Å². The lowest BCUT2D eigenvalue weighted by molar-refractivity contribution is -0.133. The Morgan fingerprint density at radius 2 is 1.25 bits per heavy atom. The van der Waals surface area contributed by atoms with E-state index in [0.29, 0.717) is 22.4 Å². The van der Waals surface area contributed by atoms with Crippen molar-refractivity contribution in [3.63, 3.8) is 0 Å².